The summed E-state index contributed by atoms with van der Waals surface area (Å²) in [6, 6.07) is 49.9. The average molecular weight is 770 g/mol. The molecule has 0 saturated heterocycles. The van der Waals surface area contributed by atoms with Gasteiger partial charge < -0.3 is 0 Å². The summed E-state index contributed by atoms with van der Waals surface area (Å²) >= 11 is 0. The van der Waals surface area contributed by atoms with Gasteiger partial charge in [0.05, 0.1) is 5.70 Å². The van der Waals surface area contributed by atoms with Crippen molar-refractivity contribution in [3.8, 4) is 22.3 Å². The van der Waals surface area contributed by atoms with E-state index in [4.69, 9.17) is 4.99 Å². The van der Waals surface area contributed by atoms with Crippen LogP contribution in [0.2, 0.25) is 0 Å². The molecule has 0 amide bonds. The number of allylic oxidation sites excluding steroid dienone is 3. The minimum Gasteiger partial charge on any atom is -0.253 e. The van der Waals surface area contributed by atoms with Gasteiger partial charge in [-0.15, -0.1) is 0 Å². The highest BCUT2D eigenvalue weighted by Gasteiger charge is 2.15. The molecule has 0 aliphatic carbocycles. The Morgan fingerprint density at radius 2 is 1.25 bits per heavy atom. The van der Waals surface area contributed by atoms with E-state index in [1.807, 2.05) is 18.2 Å². The highest BCUT2D eigenvalue weighted by Crippen LogP contribution is 2.36. The van der Waals surface area contributed by atoms with Crippen LogP contribution in [0.3, 0.4) is 0 Å². The van der Waals surface area contributed by atoms with Crippen molar-refractivity contribution in [1.29, 1.82) is 0 Å². The molecule has 7 rings (SSSR count). The largest absolute Gasteiger partial charge is 0.253 e. The summed E-state index contributed by atoms with van der Waals surface area (Å²) in [5, 5.41) is 7.90. The number of aryl methyl sites for hydroxylation is 2. The van der Waals surface area contributed by atoms with Crippen LogP contribution < -0.4 is 10.4 Å². The van der Waals surface area contributed by atoms with Crippen LogP contribution in [0.5, 0.6) is 0 Å². The van der Waals surface area contributed by atoms with Gasteiger partial charge in [0.2, 0.25) is 0 Å². The zero-order valence-electron chi connectivity index (χ0n) is 36.0. The summed E-state index contributed by atoms with van der Waals surface area (Å²) < 4.78 is 0. The Labute approximate surface area is 353 Å². The van der Waals surface area contributed by atoms with Crippen LogP contribution in [-0.4, -0.2) is 5.71 Å². The fourth-order valence-corrected chi connectivity index (χ4v) is 8.21. The van der Waals surface area contributed by atoms with Crippen LogP contribution in [0.25, 0.3) is 67.2 Å². The highest BCUT2D eigenvalue weighted by atomic mass is 14.8. The first kappa shape index (κ1) is 42.3. The highest BCUT2D eigenvalue weighted by molar-refractivity contribution is 6.13. The molecular formula is C58H59N. The lowest BCUT2D eigenvalue weighted by molar-refractivity contribution is 0.930. The van der Waals surface area contributed by atoms with Crippen molar-refractivity contribution in [3.05, 3.63) is 203 Å². The van der Waals surface area contributed by atoms with Crippen molar-refractivity contribution in [2.24, 2.45) is 4.99 Å². The molecule has 59 heavy (non-hydrogen) atoms. The van der Waals surface area contributed by atoms with Gasteiger partial charge in [-0.2, -0.15) is 0 Å². The maximum Gasteiger partial charge on any atom is 0.0665 e. The second-order valence-electron chi connectivity index (χ2n) is 15.2. The fourth-order valence-electron chi connectivity index (χ4n) is 8.21. The summed E-state index contributed by atoms with van der Waals surface area (Å²) in [6.45, 7) is 21.3. The lowest BCUT2D eigenvalue weighted by atomic mass is 9.86. The smallest absolute Gasteiger partial charge is 0.0665 e. The third kappa shape index (κ3) is 9.70. The fraction of sp³-hybridized carbons (Fsp3) is 0.190. The van der Waals surface area contributed by atoms with Gasteiger partial charge in [0.25, 0.3) is 0 Å². The molecule has 0 unspecified atom stereocenters. The molecule has 0 spiro atoms. The van der Waals surface area contributed by atoms with E-state index < -0.39 is 0 Å². The first-order chi connectivity index (χ1) is 28.8. The SMILES string of the molecule is C=C/C=c1\c(=C/C)c2ccc(-c3cccc(-c4cccc(C(=C)C)c4)c3)c(C)c2c2c(CCC)cccc12.CC/C=C(\N=C(CCC)c1ccccc1)c1ccccc1. The van der Waals surface area contributed by atoms with Crippen LogP contribution >= 0.6 is 0 Å². The van der Waals surface area contributed by atoms with Crippen LogP contribution in [0.15, 0.2) is 170 Å². The quantitative estimate of drug-likeness (QED) is 0.0867. The lowest BCUT2D eigenvalue weighted by Gasteiger charge is -2.17. The zero-order chi connectivity index (χ0) is 41.7. The number of hydrogen-bond donors (Lipinski definition) is 0. The second-order valence-corrected chi connectivity index (χ2v) is 15.2. The van der Waals surface area contributed by atoms with E-state index in [-0.39, 0.29) is 0 Å². The first-order valence-corrected chi connectivity index (χ1v) is 21.3. The normalized spacial score (nSPS) is 12.4. The van der Waals surface area contributed by atoms with E-state index in [1.165, 1.54) is 87.8 Å². The van der Waals surface area contributed by atoms with Gasteiger partial charge in [0.1, 0.15) is 0 Å². The zero-order valence-corrected chi connectivity index (χ0v) is 36.0. The molecule has 1 heteroatoms. The number of aliphatic imine (C=N–C) groups is 1. The predicted molar refractivity (Wildman–Crippen MR) is 262 cm³/mol. The third-order valence-corrected chi connectivity index (χ3v) is 11.0. The van der Waals surface area contributed by atoms with Gasteiger partial charge in [-0.25, -0.2) is 0 Å². The Balaban J connectivity index is 0.000000236. The van der Waals surface area contributed by atoms with Crippen molar-refractivity contribution in [2.75, 3.05) is 0 Å². The maximum atomic E-state index is 4.97. The average Bonchev–Trinajstić information content (AvgIpc) is 3.27. The summed E-state index contributed by atoms with van der Waals surface area (Å²) in [5.41, 5.74) is 14.6. The topological polar surface area (TPSA) is 12.4 Å². The van der Waals surface area contributed by atoms with E-state index in [0.717, 1.165) is 43.4 Å². The first-order valence-electron chi connectivity index (χ1n) is 21.3. The third-order valence-electron chi connectivity index (χ3n) is 11.0. The van der Waals surface area contributed by atoms with Gasteiger partial charge in [0.15, 0.2) is 0 Å². The van der Waals surface area contributed by atoms with E-state index in [9.17, 15) is 0 Å². The van der Waals surface area contributed by atoms with Crippen LogP contribution in [0.4, 0.5) is 0 Å². The molecular weight excluding hydrogens is 711 g/mol. The monoisotopic (exact) mass is 769 g/mol. The molecule has 0 aliphatic heterocycles. The van der Waals surface area contributed by atoms with Gasteiger partial charge in [0, 0.05) is 5.71 Å². The maximum absolute atomic E-state index is 4.97. The number of rotatable bonds is 12. The molecule has 0 aliphatic rings. The number of nitrogens with zero attached hydrogens (tertiary/aromatic N) is 1. The predicted octanol–water partition coefficient (Wildman–Crippen LogP) is 15.1. The minimum absolute atomic E-state index is 0.988. The molecule has 0 fully saturated rings. The van der Waals surface area contributed by atoms with Gasteiger partial charge in [-0.1, -0.05) is 204 Å². The molecule has 0 N–H and O–H groups in total. The summed E-state index contributed by atoms with van der Waals surface area (Å²) in [4.78, 5) is 4.97. The Hall–Kier alpha value is -6.31. The van der Waals surface area contributed by atoms with Crippen LogP contribution in [0, 0.1) is 6.92 Å². The van der Waals surface area contributed by atoms with E-state index in [0.29, 0.717) is 0 Å². The molecule has 0 radical (unpaired) electrons. The van der Waals surface area contributed by atoms with E-state index in [2.05, 4.69) is 200 Å². The second kappa shape index (κ2) is 20.4. The van der Waals surface area contributed by atoms with Gasteiger partial charge >= 0.3 is 0 Å². The molecule has 0 saturated carbocycles. The molecule has 0 aromatic heterocycles. The molecule has 0 atom stereocenters. The Kier molecular flexibility index (Phi) is 14.6. The molecule has 1 nitrogen and oxygen atoms in total. The Bertz CT molecular complexity index is 2760. The standard InChI is InChI=1S/C38H36.C20H23N/c1-7-13-27-15-12-20-35-34(14-8-2)32(9-3)36-22-21-33(26(6)37(36)38(27)35)31-19-11-18-30(24-31)29-17-10-16-28(23-29)25(4)5;1-3-11-19(17-13-7-5-8-14-17)21-20(12-4-2)18-15-9-6-10-16-18/h8-12,14-24H,2,4,7,13H2,1,3,5-6H3;5-11,13-16H,3-4,12H2,1-2H3/b32-9+,34-14+;19-11-,21-20?. The molecule has 0 bridgehead atoms. The van der Waals surface area contributed by atoms with Crippen LogP contribution in [0.1, 0.15) is 88.1 Å². The summed E-state index contributed by atoms with van der Waals surface area (Å²) in [5.74, 6) is 0. The number of benzene rings is 7. The summed E-state index contributed by atoms with van der Waals surface area (Å²) in [6.07, 6.45) is 13.8. The van der Waals surface area contributed by atoms with Crippen molar-refractivity contribution in [3.63, 3.8) is 0 Å². The molecule has 296 valence electrons. The minimum atomic E-state index is 0.988. The number of fused-ring (bicyclic) bond motifs is 3. The van der Waals surface area contributed by atoms with Crippen molar-refractivity contribution in [2.45, 2.75) is 73.6 Å². The van der Waals surface area contributed by atoms with Gasteiger partial charge in [-0.05, 0) is 134 Å². The number of hydrogen-bond acceptors (Lipinski definition) is 1. The van der Waals surface area contributed by atoms with E-state index in [1.54, 1.807) is 0 Å². The molecule has 7 aromatic carbocycles. The Morgan fingerprint density at radius 3 is 1.90 bits per heavy atom. The van der Waals surface area contributed by atoms with Crippen LogP contribution in [-0.2, 0) is 6.42 Å². The molecule has 7 aromatic rings. The van der Waals surface area contributed by atoms with Gasteiger partial charge in [-0.3, -0.25) is 4.99 Å². The lowest BCUT2D eigenvalue weighted by Crippen LogP contribution is -2.26. The van der Waals surface area contributed by atoms with Crippen molar-refractivity contribution < 1.29 is 0 Å². The van der Waals surface area contributed by atoms with Crippen molar-refractivity contribution in [1.82, 2.24) is 0 Å². The van der Waals surface area contributed by atoms with E-state index >= 15 is 0 Å². The van der Waals surface area contributed by atoms with Crippen molar-refractivity contribution >= 4 is 50.7 Å². The Morgan fingerprint density at radius 1 is 0.627 bits per heavy atom. The molecule has 0 heterocycles. The summed E-state index contributed by atoms with van der Waals surface area (Å²) in [7, 11) is 0.